The fourth-order valence-electron chi connectivity index (χ4n) is 3.41. The third-order valence-corrected chi connectivity index (χ3v) is 4.99. The molecule has 28 heavy (non-hydrogen) atoms. The lowest BCUT2D eigenvalue weighted by Crippen LogP contribution is -2.51. The predicted molar refractivity (Wildman–Crippen MR) is 108 cm³/mol. The summed E-state index contributed by atoms with van der Waals surface area (Å²) in [6, 6.07) is 12.2. The Morgan fingerprint density at radius 3 is 2.29 bits per heavy atom. The number of rotatable bonds is 6. The van der Waals surface area contributed by atoms with Crippen LogP contribution in [-0.2, 0) is 11.2 Å². The summed E-state index contributed by atoms with van der Waals surface area (Å²) < 4.78 is 10.5. The Bertz CT molecular complexity index is 856. The second kappa shape index (κ2) is 8.33. The van der Waals surface area contributed by atoms with E-state index in [4.69, 9.17) is 9.47 Å². The highest BCUT2D eigenvalue weighted by Crippen LogP contribution is 2.29. The average Bonchev–Trinajstić information content (AvgIpc) is 3.14. The fraction of sp³-hybridized carbons (Fsp3) is 0.364. The number of para-hydroxylation sites is 1. The molecule has 0 radical (unpaired) electrons. The Kier molecular flexibility index (Phi) is 5.87. The largest absolute Gasteiger partial charge is 0.497 e. The van der Waals surface area contributed by atoms with Gasteiger partial charge in [0.1, 0.15) is 17.5 Å². The van der Waals surface area contributed by atoms with Crippen LogP contribution in [0.25, 0.3) is 0 Å². The Balaban J connectivity index is 1.82. The first-order valence-corrected chi connectivity index (χ1v) is 9.37. The van der Waals surface area contributed by atoms with Gasteiger partial charge in [-0.3, -0.25) is 9.59 Å². The molecule has 0 saturated heterocycles. The zero-order chi connectivity index (χ0) is 20.3. The number of nitrogens with zero attached hydrogens (tertiary/aromatic N) is 1. The van der Waals surface area contributed by atoms with Gasteiger partial charge in [0.05, 0.1) is 14.2 Å². The Hall–Kier alpha value is -3.02. The highest BCUT2D eigenvalue weighted by molar-refractivity contribution is 6.03. The molecule has 1 aliphatic heterocycles. The van der Waals surface area contributed by atoms with E-state index in [-0.39, 0.29) is 17.7 Å². The molecular formula is C22H26N2O4. The van der Waals surface area contributed by atoms with Crippen molar-refractivity contribution in [2.24, 2.45) is 5.92 Å². The van der Waals surface area contributed by atoms with Crippen molar-refractivity contribution < 1.29 is 19.1 Å². The highest BCUT2D eigenvalue weighted by Gasteiger charge is 2.33. The quantitative estimate of drug-likeness (QED) is 0.834. The van der Waals surface area contributed by atoms with Crippen molar-refractivity contribution in [2.45, 2.75) is 26.3 Å². The number of hydrogen-bond donors (Lipinski definition) is 1. The molecular weight excluding hydrogens is 356 g/mol. The average molecular weight is 382 g/mol. The monoisotopic (exact) mass is 382 g/mol. The number of amides is 2. The predicted octanol–water partition coefficient (Wildman–Crippen LogP) is 3.05. The van der Waals surface area contributed by atoms with Crippen molar-refractivity contribution >= 4 is 17.5 Å². The number of carbonyl (C=O) groups is 2. The molecule has 0 spiro atoms. The summed E-state index contributed by atoms with van der Waals surface area (Å²) in [4.78, 5) is 27.9. The summed E-state index contributed by atoms with van der Waals surface area (Å²) in [6.45, 7) is 4.48. The number of nitrogens with one attached hydrogen (secondary N) is 1. The van der Waals surface area contributed by atoms with Gasteiger partial charge in [-0.25, -0.2) is 0 Å². The number of benzene rings is 2. The molecule has 0 aromatic heterocycles. The van der Waals surface area contributed by atoms with Crippen LogP contribution in [0.3, 0.4) is 0 Å². The molecule has 3 rings (SSSR count). The van der Waals surface area contributed by atoms with Crippen LogP contribution in [-0.4, -0.2) is 38.6 Å². The van der Waals surface area contributed by atoms with E-state index in [1.807, 2.05) is 38.1 Å². The number of ether oxygens (including phenoxy) is 2. The first kappa shape index (κ1) is 19.7. The van der Waals surface area contributed by atoms with Crippen LogP contribution < -0.4 is 19.7 Å². The highest BCUT2D eigenvalue weighted by atomic mass is 16.5. The van der Waals surface area contributed by atoms with Gasteiger partial charge in [0, 0.05) is 23.9 Å². The van der Waals surface area contributed by atoms with Gasteiger partial charge in [0.15, 0.2) is 0 Å². The SMILES string of the molecule is COc1cc(OC)cc(C(=O)N[C@H](C(=O)N2CCc3ccccc32)C(C)C)c1. The molecule has 1 N–H and O–H groups in total. The van der Waals surface area contributed by atoms with Crippen molar-refractivity contribution in [1.29, 1.82) is 0 Å². The molecule has 1 heterocycles. The summed E-state index contributed by atoms with van der Waals surface area (Å²) in [5.74, 6) is 0.549. The summed E-state index contributed by atoms with van der Waals surface area (Å²) in [5, 5.41) is 2.90. The van der Waals surface area contributed by atoms with Crippen LogP contribution in [0.2, 0.25) is 0 Å². The first-order valence-electron chi connectivity index (χ1n) is 9.37. The van der Waals surface area contributed by atoms with E-state index in [2.05, 4.69) is 5.32 Å². The minimum Gasteiger partial charge on any atom is -0.497 e. The number of carbonyl (C=O) groups excluding carboxylic acids is 2. The van der Waals surface area contributed by atoms with Gasteiger partial charge in [-0.05, 0) is 36.1 Å². The van der Waals surface area contributed by atoms with Gasteiger partial charge in [-0.1, -0.05) is 32.0 Å². The maximum Gasteiger partial charge on any atom is 0.252 e. The first-order chi connectivity index (χ1) is 13.4. The summed E-state index contributed by atoms with van der Waals surface area (Å²) >= 11 is 0. The molecule has 2 aromatic rings. The Morgan fingerprint density at radius 1 is 1.04 bits per heavy atom. The third-order valence-electron chi connectivity index (χ3n) is 4.99. The van der Waals surface area contributed by atoms with E-state index in [0.717, 1.165) is 17.7 Å². The smallest absolute Gasteiger partial charge is 0.252 e. The standard InChI is InChI=1S/C22H26N2O4/c1-14(2)20(22(26)24-10-9-15-7-5-6-8-19(15)24)23-21(25)16-11-17(27-3)13-18(12-16)28-4/h5-8,11-14,20H,9-10H2,1-4H3,(H,23,25)/t20-/m0/s1. The normalized spacial score (nSPS) is 13.8. The molecule has 1 aliphatic rings. The van der Waals surface area contributed by atoms with E-state index in [9.17, 15) is 9.59 Å². The molecule has 6 nitrogen and oxygen atoms in total. The summed E-state index contributed by atoms with van der Waals surface area (Å²) in [6.07, 6.45) is 0.827. The zero-order valence-electron chi connectivity index (χ0n) is 16.7. The molecule has 0 saturated carbocycles. The Labute approximate surface area is 165 Å². The van der Waals surface area contributed by atoms with Crippen LogP contribution >= 0.6 is 0 Å². The van der Waals surface area contributed by atoms with Gasteiger partial charge in [-0.2, -0.15) is 0 Å². The van der Waals surface area contributed by atoms with E-state index in [0.29, 0.717) is 23.6 Å². The van der Waals surface area contributed by atoms with Crippen molar-refractivity contribution in [3.8, 4) is 11.5 Å². The van der Waals surface area contributed by atoms with Crippen molar-refractivity contribution in [2.75, 3.05) is 25.7 Å². The van der Waals surface area contributed by atoms with E-state index >= 15 is 0 Å². The van der Waals surface area contributed by atoms with Crippen LogP contribution in [0, 0.1) is 5.92 Å². The van der Waals surface area contributed by atoms with Gasteiger partial charge in [0.2, 0.25) is 5.91 Å². The lowest BCUT2D eigenvalue weighted by Gasteiger charge is -2.27. The van der Waals surface area contributed by atoms with E-state index < -0.39 is 6.04 Å². The molecule has 0 aliphatic carbocycles. The second-order valence-corrected chi connectivity index (χ2v) is 7.17. The number of methoxy groups -OCH3 is 2. The third kappa shape index (κ3) is 3.96. The zero-order valence-corrected chi connectivity index (χ0v) is 16.7. The number of hydrogen-bond acceptors (Lipinski definition) is 4. The molecule has 6 heteroatoms. The molecule has 0 bridgehead atoms. The molecule has 0 unspecified atom stereocenters. The van der Waals surface area contributed by atoms with Crippen LogP contribution in [0.15, 0.2) is 42.5 Å². The fourth-order valence-corrected chi connectivity index (χ4v) is 3.41. The molecule has 2 amide bonds. The summed E-state index contributed by atoms with van der Waals surface area (Å²) in [5.41, 5.74) is 2.47. The van der Waals surface area contributed by atoms with Crippen molar-refractivity contribution in [1.82, 2.24) is 5.32 Å². The minimum absolute atomic E-state index is 0.0586. The molecule has 2 aromatic carbocycles. The topological polar surface area (TPSA) is 67.9 Å². The van der Waals surface area contributed by atoms with E-state index in [1.54, 1.807) is 23.1 Å². The molecule has 148 valence electrons. The van der Waals surface area contributed by atoms with E-state index in [1.165, 1.54) is 14.2 Å². The van der Waals surface area contributed by atoms with Crippen LogP contribution in [0.5, 0.6) is 11.5 Å². The maximum absolute atomic E-state index is 13.2. The molecule has 0 fully saturated rings. The van der Waals surface area contributed by atoms with Crippen LogP contribution in [0.1, 0.15) is 29.8 Å². The van der Waals surface area contributed by atoms with Crippen molar-refractivity contribution in [3.05, 3.63) is 53.6 Å². The van der Waals surface area contributed by atoms with Gasteiger partial charge in [-0.15, -0.1) is 0 Å². The van der Waals surface area contributed by atoms with Gasteiger partial charge >= 0.3 is 0 Å². The summed E-state index contributed by atoms with van der Waals surface area (Å²) in [7, 11) is 3.06. The number of fused-ring (bicyclic) bond motifs is 1. The van der Waals surface area contributed by atoms with Gasteiger partial charge < -0.3 is 19.7 Å². The van der Waals surface area contributed by atoms with Crippen molar-refractivity contribution in [3.63, 3.8) is 0 Å². The maximum atomic E-state index is 13.2. The minimum atomic E-state index is -0.629. The Morgan fingerprint density at radius 2 is 1.68 bits per heavy atom. The second-order valence-electron chi connectivity index (χ2n) is 7.17. The van der Waals surface area contributed by atoms with Crippen LogP contribution in [0.4, 0.5) is 5.69 Å². The van der Waals surface area contributed by atoms with Gasteiger partial charge in [0.25, 0.3) is 5.91 Å². The number of anilines is 1. The lowest BCUT2D eigenvalue weighted by atomic mass is 10.0. The lowest BCUT2D eigenvalue weighted by molar-refractivity contribution is -0.121. The molecule has 1 atom stereocenters.